The van der Waals surface area contributed by atoms with Crippen molar-refractivity contribution in [2.45, 2.75) is 45.6 Å². The molecule has 0 aliphatic heterocycles. The molecule has 0 heterocycles. The molecule has 1 unspecified atom stereocenters. The Morgan fingerprint density at radius 1 is 1.40 bits per heavy atom. The third-order valence-corrected chi connectivity index (χ3v) is 3.69. The van der Waals surface area contributed by atoms with Gasteiger partial charge in [-0.05, 0) is 55.7 Å². The summed E-state index contributed by atoms with van der Waals surface area (Å²) in [4.78, 5) is 0. The van der Waals surface area contributed by atoms with Crippen LogP contribution in [0.2, 0.25) is 0 Å². The van der Waals surface area contributed by atoms with Crippen LogP contribution >= 0.6 is 12.4 Å². The maximum Gasteiger partial charge on any atom is 0.191 e. The van der Waals surface area contributed by atoms with Gasteiger partial charge in [-0.25, -0.2) is 8.78 Å². The molecule has 0 radical (unpaired) electrons. The van der Waals surface area contributed by atoms with Crippen LogP contribution in [0.5, 0.6) is 5.75 Å². The predicted molar refractivity (Wildman–Crippen MR) is 78.5 cm³/mol. The second kappa shape index (κ2) is 7.23. The van der Waals surface area contributed by atoms with E-state index in [2.05, 4.69) is 0 Å². The van der Waals surface area contributed by atoms with Crippen LogP contribution in [-0.2, 0) is 6.42 Å². The predicted octanol–water partition coefficient (Wildman–Crippen LogP) is 3.76. The Kier molecular flexibility index (Phi) is 6.21. The Bertz CT molecular complexity index is 464. The lowest BCUT2D eigenvalue weighted by Crippen LogP contribution is -2.22. The van der Waals surface area contributed by atoms with Crippen molar-refractivity contribution in [2.75, 3.05) is 6.61 Å². The van der Waals surface area contributed by atoms with E-state index >= 15 is 0 Å². The lowest BCUT2D eigenvalue weighted by Gasteiger charge is -2.15. The summed E-state index contributed by atoms with van der Waals surface area (Å²) in [5, 5.41) is 0. The molecule has 2 N–H and O–H groups in total. The lowest BCUT2D eigenvalue weighted by molar-refractivity contribution is 0.269. The molecule has 1 fully saturated rings. The van der Waals surface area contributed by atoms with Crippen molar-refractivity contribution in [3.05, 3.63) is 28.8 Å². The highest BCUT2D eigenvalue weighted by Gasteiger charge is 2.24. The molecule has 0 aromatic heterocycles. The quantitative estimate of drug-likeness (QED) is 0.868. The summed E-state index contributed by atoms with van der Waals surface area (Å²) in [6.45, 7) is 4.01. The number of nitrogens with two attached hydrogens (primary N) is 1. The van der Waals surface area contributed by atoms with E-state index in [1.54, 1.807) is 6.92 Å². The number of hydrogen-bond acceptors (Lipinski definition) is 2. The van der Waals surface area contributed by atoms with E-state index in [1.165, 1.54) is 6.07 Å². The molecule has 114 valence electrons. The average molecular weight is 306 g/mol. The van der Waals surface area contributed by atoms with Gasteiger partial charge in [0.2, 0.25) is 0 Å². The molecule has 1 aliphatic rings. The van der Waals surface area contributed by atoms with Gasteiger partial charge in [-0.15, -0.1) is 12.4 Å². The van der Waals surface area contributed by atoms with Crippen molar-refractivity contribution in [3.63, 3.8) is 0 Å². The SMILES string of the molecule is CCC(N)Cc1cc(F)c(OCC2CC2)c(F)c1C.Cl. The third-order valence-electron chi connectivity index (χ3n) is 3.69. The van der Waals surface area contributed by atoms with Crippen LogP contribution in [0.15, 0.2) is 6.07 Å². The highest BCUT2D eigenvalue weighted by Crippen LogP contribution is 2.32. The fourth-order valence-corrected chi connectivity index (χ4v) is 2.00. The van der Waals surface area contributed by atoms with E-state index in [-0.39, 0.29) is 24.2 Å². The first-order valence-electron chi connectivity index (χ1n) is 6.88. The van der Waals surface area contributed by atoms with Gasteiger partial charge in [0.25, 0.3) is 0 Å². The zero-order chi connectivity index (χ0) is 14.0. The van der Waals surface area contributed by atoms with Crippen LogP contribution < -0.4 is 10.5 Å². The maximum atomic E-state index is 14.1. The molecule has 1 aliphatic carbocycles. The monoisotopic (exact) mass is 305 g/mol. The normalized spacial score (nSPS) is 15.7. The van der Waals surface area contributed by atoms with Gasteiger partial charge in [0.05, 0.1) is 6.61 Å². The fraction of sp³-hybridized carbons (Fsp3) is 0.600. The minimum atomic E-state index is -0.623. The van der Waals surface area contributed by atoms with Crippen LogP contribution in [0.4, 0.5) is 8.78 Å². The minimum absolute atomic E-state index is 0. The molecular weight excluding hydrogens is 284 g/mol. The Morgan fingerprint density at radius 2 is 2.05 bits per heavy atom. The zero-order valence-corrected chi connectivity index (χ0v) is 12.7. The summed E-state index contributed by atoms with van der Waals surface area (Å²) in [5.74, 6) is -0.980. The van der Waals surface area contributed by atoms with Crippen molar-refractivity contribution in [3.8, 4) is 5.75 Å². The summed E-state index contributed by atoms with van der Waals surface area (Å²) < 4.78 is 33.3. The molecule has 1 aromatic carbocycles. The summed E-state index contributed by atoms with van der Waals surface area (Å²) in [6, 6.07) is 1.28. The molecule has 5 heteroatoms. The van der Waals surface area contributed by atoms with E-state index < -0.39 is 11.6 Å². The summed E-state index contributed by atoms with van der Waals surface area (Å²) in [5.41, 5.74) is 6.91. The molecule has 0 amide bonds. The second-order valence-electron chi connectivity index (χ2n) is 5.41. The molecule has 20 heavy (non-hydrogen) atoms. The number of benzene rings is 1. The Balaban J connectivity index is 0.00000200. The molecule has 1 atom stereocenters. The fourth-order valence-electron chi connectivity index (χ4n) is 2.00. The summed E-state index contributed by atoms with van der Waals surface area (Å²) in [7, 11) is 0. The number of rotatable bonds is 6. The Hall–Kier alpha value is -0.870. The van der Waals surface area contributed by atoms with Gasteiger partial charge in [0, 0.05) is 6.04 Å². The number of halogens is 3. The number of hydrogen-bond donors (Lipinski definition) is 1. The van der Waals surface area contributed by atoms with Gasteiger partial charge in [-0.3, -0.25) is 0 Å². The van der Waals surface area contributed by atoms with Crippen molar-refractivity contribution in [1.29, 1.82) is 0 Å². The first kappa shape index (κ1) is 17.2. The van der Waals surface area contributed by atoms with Gasteiger partial charge in [-0.2, -0.15) is 0 Å². The maximum absolute atomic E-state index is 14.1. The molecule has 2 rings (SSSR count). The van der Waals surface area contributed by atoms with Gasteiger partial charge < -0.3 is 10.5 Å². The van der Waals surface area contributed by atoms with Crippen LogP contribution in [0, 0.1) is 24.5 Å². The van der Waals surface area contributed by atoms with Gasteiger partial charge in [0.15, 0.2) is 17.4 Å². The average Bonchev–Trinajstić information content (AvgIpc) is 3.19. The van der Waals surface area contributed by atoms with Crippen LogP contribution in [0.1, 0.15) is 37.3 Å². The summed E-state index contributed by atoms with van der Waals surface area (Å²) in [6.07, 6.45) is 3.44. The largest absolute Gasteiger partial charge is 0.487 e. The molecule has 0 saturated heterocycles. The van der Waals surface area contributed by atoms with E-state index in [0.29, 0.717) is 30.1 Å². The molecule has 2 nitrogen and oxygen atoms in total. The molecular formula is C15H22ClF2NO. The molecule has 0 bridgehead atoms. The second-order valence-corrected chi connectivity index (χ2v) is 5.41. The van der Waals surface area contributed by atoms with E-state index in [1.807, 2.05) is 6.92 Å². The van der Waals surface area contributed by atoms with Crippen LogP contribution in [0.3, 0.4) is 0 Å². The highest BCUT2D eigenvalue weighted by atomic mass is 35.5. The molecule has 1 saturated carbocycles. The van der Waals surface area contributed by atoms with Crippen molar-refractivity contribution >= 4 is 12.4 Å². The van der Waals surface area contributed by atoms with E-state index in [0.717, 1.165) is 19.3 Å². The molecule has 1 aromatic rings. The topological polar surface area (TPSA) is 35.2 Å². The first-order valence-corrected chi connectivity index (χ1v) is 6.88. The molecule has 0 spiro atoms. The van der Waals surface area contributed by atoms with E-state index in [4.69, 9.17) is 10.5 Å². The minimum Gasteiger partial charge on any atom is -0.487 e. The van der Waals surface area contributed by atoms with Gasteiger partial charge in [0.1, 0.15) is 0 Å². The van der Waals surface area contributed by atoms with Gasteiger partial charge >= 0.3 is 0 Å². The van der Waals surface area contributed by atoms with Gasteiger partial charge in [-0.1, -0.05) is 6.92 Å². The Labute approximate surface area is 125 Å². The van der Waals surface area contributed by atoms with Crippen molar-refractivity contribution in [2.24, 2.45) is 11.7 Å². The van der Waals surface area contributed by atoms with Crippen LogP contribution in [0.25, 0.3) is 0 Å². The number of ether oxygens (including phenoxy) is 1. The Morgan fingerprint density at radius 3 is 2.60 bits per heavy atom. The lowest BCUT2D eigenvalue weighted by atomic mass is 9.99. The standard InChI is InChI=1S/C15H21F2NO.ClH/c1-3-12(18)6-11-7-13(16)15(14(17)9(11)2)19-8-10-4-5-10;/h7,10,12H,3-6,8,18H2,1-2H3;1H. The highest BCUT2D eigenvalue weighted by molar-refractivity contribution is 5.85. The smallest absolute Gasteiger partial charge is 0.191 e. The third kappa shape index (κ3) is 4.06. The first-order chi connectivity index (χ1) is 9.02. The summed E-state index contributed by atoms with van der Waals surface area (Å²) >= 11 is 0. The van der Waals surface area contributed by atoms with Crippen LogP contribution in [-0.4, -0.2) is 12.6 Å². The van der Waals surface area contributed by atoms with E-state index in [9.17, 15) is 8.78 Å². The van der Waals surface area contributed by atoms with Crippen molar-refractivity contribution in [1.82, 2.24) is 0 Å². The van der Waals surface area contributed by atoms with Crippen molar-refractivity contribution < 1.29 is 13.5 Å². The zero-order valence-electron chi connectivity index (χ0n) is 11.9.